The highest BCUT2D eigenvalue weighted by Gasteiger charge is 2.23. The molecule has 1 aromatic carbocycles. The number of hydrogen-bond donors (Lipinski definition) is 2. The number of fused-ring (bicyclic) bond motifs is 1. The van der Waals surface area contributed by atoms with Crippen molar-refractivity contribution in [1.82, 2.24) is 19.9 Å². The maximum absolute atomic E-state index is 11.2. The van der Waals surface area contributed by atoms with E-state index in [0.717, 1.165) is 22.8 Å². The number of rotatable bonds is 3. The fourth-order valence-corrected chi connectivity index (χ4v) is 2.86. The molecule has 8 nitrogen and oxygen atoms in total. The highest BCUT2D eigenvalue weighted by molar-refractivity contribution is 7.99. The molecule has 0 unspecified atom stereocenters. The summed E-state index contributed by atoms with van der Waals surface area (Å²) in [5, 5.41) is 11.8. The number of nitrogens with two attached hydrogens (primary N) is 1. The van der Waals surface area contributed by atoms with Gasteiger partial charge in [-0.3, -0.25) is 10.1 Å². The summed E-state index contributed by atoms with van der Waals surface area (Å²) in [5.41, 5.74) is 7.27. The van der Waals surface area contributed by atoms with Gasteiger partial charge in [-0.2, -0.15) is 4.98 Å². The molecule has 0 saturated heterocycles. The SMILES string of the molecule is Cc1nc(N)nc(Sc2nc3ccccc3[nH]2)c1[N+](=O)[O-]. The topological polar surface area (TPSA) is 124 Å². The van der Waals surface area contributed by atoms with E-state index < -0.39 is 4.92 Å². The van der Waals surface area contributed by atoms with E-state index in [9.17, 15) is 10.1 Å². The van der Waals surface area contributed by atoms with Gasteiger partial charge >= 0.3 is 5.69 Å². The summed E-state index contributed by atoms with van der Waals surface area (Å²) in [6.07, 6.45) is 0. The zero-order chi connectivity index (χ0) is 15.0. The number of hydrogen-bond acceptors (Lipinski definition) is 7. The number of H-pyrrole nitrogens is 1. The van der Waals surface area contributed by atoms with Crippen molar-refractivity contribution in [3.05, 3.63) is 40.1 Å². The molecule has 3 rings (SSSR count). The molecule has 0 spiro atoms. The van der Waals surface area contributed by atoms with Gasteiger partial charge in [0.05, 0.1) is 16.0 Å². The molecule has 9 heteroatoms. The molecule has 0 aliphatic heterocycles. The molecule has 3 N–H and O–H groups in total. The number of benzene rings is 1. The zero-order valence-corrected chi connectivity index (χ0v) is 11.7. The van der Waals surface area contributed by atoms with Gasteiger partial charge in [-0.05, 0) is 30.8 Å². The lowest BCUT2D eigenvalue weighted by Crippen LogP contribution is -2.04. The molecule has 0 aliphatic rings. The summed E-state index contributed by atoms with van der Waals surface area (Å²) in [4.78, 5) is 25.8. The van der Waals surface area contributed by atoms with E-state index in [-0.39, 0.29) is 22.4 Å². The van der Waals surface area contributed by atoms with Crippen LogP contribution >= 0.6 is 11.8 Å². The Bertz CT molecular complexity index is 814. The lowest BCUT2D eigenvalue weighted by atomic mass is 10.3. The second-order valence-electron chi connectivity index (χ2n) is 4.24. The number of aromatic amines is 1. The Morgan fingerprint density at radius 1 is 1.29 bits per heavy atom. The molecule has 2 heterocycles. The first kappa shape index (κ1) is 13.3. The van der Waals surface area contributed by atoms with Crippen molar-refractivity contribution in [3.8, 4) is 0 Å². The number of imidazole rings is 1. The van der Waals surface area contributed by atoms with Gasteiger partial charge in [0.1, 0.15) is 5.69 Å². The van der Waals surface area contributed by atoms with Crippen LogP contribution in [0.4, 0.5) is 11.6 Å². The second kappa shape index (κ2) is 5.02. The second-order valence-corrected chi connectivity index (χ2v) is 5.22. The van der Waals surface area contributed by atoms with Crippen LogP contribution in [0.1, 0.15) is 5.69 Å². The van der Waals surface area contributed by atoms with E-state index >= 15 is 0 Å². The molecule has 2 aromatic heterocycles. The molecule has 0 saturated carbocycles. The number of anilines is 1. The quantitative estimate of drug-likeness (QED) is 0.432. The smallest absolute Gasteiger partial charge is 0.322 e. The Balaban J connectivity index is 2.06. The predicted octanol–water partition coefficient (Wildman–Crippen LogP) is 2.30. The average molecular weight is 302 g/mol. The van der Waals surface area contributed by atoms with Crippen molar-refractivity contribution < 1.29 is 4.92 Å². The molecular formula is C12H10N6O2S. The van der Waals surface area contributed by atoms with Crippen LogP contribution in [0.5, 0.6) is 0 Å². The molecule has 0 radical (unpaired) electrons. The Hall–Kier alpha value is -2.68. The highest BCUT2D eigenvalue weighted by atomic mass is 32.2. The van der Waals surface area contributed by atoms with Gasteiger partial charge in [0, 0.05) is 0 Å². The van der Waals surface area contributed by atoms with Crippen molar-refractivity contribution >= 4 is 34.4 Å². The van der Waals surface area contributed by atoms with Crippen molar-refractivity contribution in [1.29, 1.82) is 0 Å². The van der Waals surface area contributed by atoms with Crippen LogP contribution in [0.2, 0.25) is 0 Å². The van der Waals surface area contributed by atoms with Gasteiger partial charge in [-0.1, -0.05) is 12.1 Å². The molecule has 0 amide bonds. The number of para-hydroxylation sites is 2. The number of aryl methyl sites for hydroxylation is 1. The van der Waals surface area contributed by atoms with Crippen LogP contribution in [0.15, 0.2) is 34.4 Å². The van der Waals surface area contributed by atoms with Crippen LogP contribution < -0.4 is 5.73 Å². The molecule has 106 valence electrons. The monoisotopic (exact) mass is 302 g/mol. The summed E-state index contributed by atoms with van der Waals surface area (Å²) in [6.45, 7) is 1.53. The van der Waals surface area contributed by atoms with E-state index in [1.165, 1.54) is 6.92 Å². The Morgan fingerprint density at radius 2 is 2.05 bits per heavy atom. The molecule has 0 bridgehead atoms. The molecular weight excluding hydrogens is 292 g/mol. The zero-order valence-electron chi connectivity index (χ0n) is 10.9. The number of nitrogens with one attached hydrogen (secondary N) is 1. The fourth-order valence-electron chi connectivity index (χ4n) is 1.91. The molecule has 3 aromatic rings. The molecule has 0 aliphatic carbocycles. The normalized spacial score (nSPS) is 10.9. The van der Waals surface area contributed by atoms with E-state index in [1.807, 2.05) is 24.3 Å². The van der Waals surface area contributed by atoms with Crippen LogP contribution in [-0.2, 0) is 0 Å². The molecule has 0 fully saturated rings. The van der Waals surface area contributed by atoms with E-state index in [1.54, 1.807) is 0 Å². The average Bonchev–Trinajstić information content (AvgIpc) is 2.79. The number of aromatic nitrogens is 4. The van der Waals surface area contributed by atoms with Gasteiger partial charge in [-0.15, -0.1) is 0 Å². The van der Waals surface area contributed by atoms with Crippen LogP contribution in [0, 0.1) is 17.0 Å². The van der Waals surface area contributed by atoms with Crippen LogP contribution in [0.25, 0.3) is 11.0 Å². The Morgan fingerprint density at radius 3 is 2.76 bits per heavy atom. The van der Waals surface area contributed by atoms with Gasteiger partial charge in [0.15, 0.2) is 10.2 Å². The third kappa shape index (κ3) is 2.50. The number of nitrogens with zero attached hydrogens (tertiary/aromatic N) is 4. The van der Waals surface area contributed by atoms with Crippen molar-refractivity contribution in [3.63, 3.8) is 0 Å². The predicted molar refractivity (Wildman–Crippen MR) is 78.1 cm³/mol. The number of nitro groups is 1. The van der Waals surface area contributed by atoms with Gasteiger partial charge in [0.2, 0.25) is 5.95 Å². The first-order chi connectivity index (χ1) is 10.0. The third-order valence-corrected chi connectivity index (χ3v) is 3.65. The maximum atomic E-state index is 11.2. The first-order valence-corrected chi connectivity index (χ1v) is 6.77. The number of nitrogen functional groups attached to an aromatic ring is 1. The molecule has 0 atom stereocenters. The third-order valence-electron chi connectivity index (χ3n) is 2.79. The van der Waals surface area contributed by atoms with Crippen molar-refractivity contribution in [2.24, 2.45) is 0 Å². The van der Waals surface area contributed by atoms with Gasteiger partial charge < -0.3 is 10.7 Å². The summed E-state index contributed by atoms with van der Waals surface area (Å²) in [6, 6.07) is 7.47. The van der Waals surface area contributed by atoms with Gasteiger partial charge in [0.25, 0.3) is 0 Å². The van der Waals surface area contributed by atoms with Crippen LogP contribution in [-0.4, -0.2) is 24.9 Å². The minimum Gasteiger partial charge on any atom is -0.368 e. The summed E-state index contributed by atoms with van der Waals surface area (Å²) in [7, 11) is 0. The highest BCUT2D eigenvalue weighted by Crippen LogP contribution is 2.34. The summed E-state index contributed by atoms with van der Waals surface area (Å²) < 4.78 is 0. The first-order valence-electron chi connectivity index (χ1n) is 5.95. The lowest BCUT2D eigenvalue weighted by Gasteiger charge is -2.03. The van der Waals surface area contributed by atoms with Crippen LogP contribution in [0.3, 0.4) is 0 Å². The summed E-state index contributed by atoms with van der Waals surface area (Å²) >= 11 is 1.06. The summed E-state index contributed by atoms with van der Waals surface area (Å²) in [5.74, 6) is -0.00305. The van der Waals surface area contributed by atoms with Crippen molar-refractivity contribution in [2.75, 3.05) is 5.73 Å². The minimum atomic E-state index is -0.514. The Kier molecular flexibility index (Phi) is 3.18. The maximum Gasteiger partial charge on any atom is 0.322 e. The van der Waals surface area contributed by atoms with Gasteiger partial charge in [-0.25, -0.2) is 9.97 Å². The van der Waals surface area contributed by atoms with E-state index in [2.05, 4.69) is 19.9 Å². The fraction of sp³-hybridized carbons (Fsp3) is 0.0833. The Labute approximate surface area is 123 Å². The van der Waals surface area contributed by atoms with E-state index in [4.69, 9.17) is 5.73 Å². The molecule has 21 heavy (non-hydrogen) atoms. The standard InChI is InChI=1S/C12H10N6O2S/c1-6-9(18(19)20)10(17-11(13)14-6)21-12-15-7-4-2-3-5-8(7)16-12/h2-5H,1H3,(H,15,16)(H2,13,14,17). The van der Waals surface area contributed by atoms with Crippen molar-refractivity contribution in [2.45, 2.75) is 17.1 Å². The van der Waals surface area contributed by atoms with E-state index in [0.29, 0.717) is 5.16 Å². The largest absolute Gasteiger partial charge is 0.368 e. The minimum absolute atomic E-state index is 0.00305. The lowest BCUT2D eigenvalue weighted by molar-refractivity contribution is -0.389.